The zero-order valence-electron chi connectivity index (χ0n) is 10.6. The molecule has 0 aromatic carbocycles. The highest BCUT2D eigenvalue weighted by Gasteiger charge is 2.29. The summed E-state index contributed by atoms with van der Waals surface area (Å²) in [4.78, 5) is 11.0. The van der Waals surface area contributed by atoms with Crippen molar-refractivity contribution in [2.45, 2.75) is 38.6 Å². The number of hydrogen-bond acceptors (Lipinski definition) is 4. The van der Waals surface area contributed by atoms with E-state index in [0.717, 1.165) is 19.3 Å². The molecule has 98 valence electrons. The number of allylic oxidation sites excluding steroid dienone is 1. The van der Waals surface area contributed by atoms with E-state index < -0.39 is 7.60 Å². The first-order chi connectivity index (χ1) is 8.01. The Morgan fingerprint density at radius 3 is 2.59 bits per heavy atom. The number of nitrogens with one attached hydrogen (secondary N) is 1. The highest BCUT2D eigenvalue weighted by atomic mass is 31.2. The van der Waals surface area contributed by atoms with Crippen LogP contribution < -0.4 is 5.32 Å². The van der Waals surface area contributed by atoms with Gasteiger partial charge in [-0.3, -0.25) is 9.36 Å². The molecule has 0 saturated heterocycles. The number of carbonyl (C=O) groups is 1. The third-order valence-electron chi connectivity index (χ3n) is 2.81. The van der Waals surface area contributed by atoms with Gasteiger partial charge >= 0.3 is 7.60 Å². The molecule has 1 amide bonds. The molecule has 1 N–H and O–H groups in total. The smallest absolute Gasteiger partial charge is 0.350 e. The van der Waals surface area contributed by atoms with Crippen LogP contribution in [0.2, 0.25) is 0 Å². The summed E-state index contributed by atoms with van der Waals surface area (Å²) in [5.41, 5.74) is 0. The largest absolute Gasteiger partial charge is 0.356 e. The second-order valence-electron chi connectivity index (χ2n) is 4.07. The van der Waals surface area contributed by atoms with Crippen LogP contribution in [0.5, 0.6) is 0 Å². The molecule has 0 aromatic rings. The van der Waals surface area contributed by atoms with E-state index in [1.807, 2.05) is 6.08 Å². The normalized spacial score (nSPS) is 21.6. The third-order valence-corrected chi connectivity index (χ3v) is 4.85. The van der Waals surface area contributed by atoms with Crippen molar-refractivity contribution in [3.63, 3.8) is 0 Å². The quantitative estimate of drug-likeness (QED) is 0.789. The van der Waals surface area contributed by atoms with Crippen LogP contribution in [0.1, 0.15) is 32.6 Å². The van der Waals surface area contributed by atoms with E-state index in [1.54, 1.807) is 0 Å². The Morgan fingerprint density at radius 1 is 1.41 bits per heavy atom. The van der Waals surface area contributed by atoms with Crippen molar-refractivity contribution in [3.05, 3.63) is 11.4 Å². The van der Waals surface area contributed by atoms with Gasteiger partial charge in [0.05, 0.1) is 0 Å². The average molecular weight is 261 g/mol. The second-order valence-corrected chi connectivity index (χ2v) is 6.37. The Kier molecular flexibility index (Phi) is 5.37. The maximum atomic E-state index is 12.3. The van der Waals surface area contributed by atoms with Gasteiger partial charge in [0.2, 0.25) is 5.91 Å². The van der Waals surface area contributed by atoms with Crippen LogP contribution in [0.4, 0.5) is 0 Å². The lowest BCUT2D eigenvalue weighted by molar-refractivity contribution is -0.119. The first-order valence-corrected chi connectivity index (χ1v) is 7.26. The molecule has 0 aliphatic heterocycles. The predicted molar refractivity (Wildman–Crippen MR) is 65.8 cm³/mol. The fourth-order valence-corrected chi connectivity index (χ4v) is 3.39. The zero-order chi connectivity index (χ0) is 12.9. The van der Waals surface area contributed by atoms with Gasteiger partial charge in [-0.2, -0.15) is 0 Å². The van der Waals surface area contributed by atoms with Crippen molar-refractivity contribution >= 4 is 13.5 Å². The van der Waals surface area contributed by atoms with Crippen LogP contribution >= 0.6 is 7.60 Å². The molecule has 17 heavy (non-hydrogen) atoms. The van der Waals surface area contributed by atoms with Crippen LogP contribution in [0.25, 0.3) is 0 Å². The van der Waals surface area contributed by atoms with Gasteiger partial charge < -0.3 is 14.4 Å². The van der Waals surface area contributed by atoms with Crippen LogP contribution in [0.15, 0.2) is 11.4 Å². The average Bonchev–Trinajstić information content (AvgIpc) is 2.53. The molecule has 0 radical (unpaired) electrons. The van der Waals surface area contributed by atoms with E-state index in [0.29, 0.717) is 11.7 Å². The maximum Gasteiger partial charge on any atom is 0.356 e. The highest BCUT2D eigenvalue weighted by Crippen LogP contribution is 2.57. The standard InChI is InChI=1S/C11H20NO4P/c1-9(13)12-10-6-4-5-7-11(8-10)17(14,15-2)16-3/h8,10H,4-7H2,1-3H3,(H,12,13). The third kappa shape index (κ3) is 3.95. The first-order valence-electron chi connectivity index (χ1n) is 5.71. The van der Waals surface area contributed by atoms with Crippen molar-refractivity contribution < 1.29 is 18.4 Å². The minimum Gasteiger partial charge on any atom is -0.350 e. The highest BCUT2D eigenvalue weighted by molar-refractivity contribution is 7.58. The maximum absolute atomic E-state index is 12.3. The van der Waals surface area contributed by atoms with Gasteiger partial charge in [0.15, 0.2) is 0 Å². The lowest BCUT2D eigenvalue weighted by Gasteiger charge is -2.18. The van der Waals surface area contributed by atoms with Crippen LogP contribution in [-0.4, -0.2) is 26.2 Å². The molecule has 1 rings (SSSR count). The molecule has 1 unspecified atom stereocenters. The number of hydrogen-bond donors (Lipinski definition) is 1. The molecule has 0 heterocycles. The molecule has 0 aromatic heterocycles. The van der Waals surface area contributed by atoms with Gasteiger partial charge in [-0.1, -0.05) is 12.5 Å². The van der Waals surface area contributed by atoms with E-state index in [2.05, 4.69) is 5.32 Å². The lowest BCUT2D eigenvalue weighted by Crippen LogP contribution is -2.31. The Morgan fingerprint density at radius 2 is 2.06 bits per heavy atom. The Bertz CT molecular complexity index is 345. The van der Waals surface area contributed by atoms with Crippen molar-refractivity contribution in [1.29, 1.82) is 0 Å². The molecular formula is C11H20NO4P. The van der Waals surface area contributed by atoms with Crippen LogP contribution in [0.3, 0.4) is 0 Å². The van der Waals surface area contributed by atoms with Gasteiger partial charge in [-0.05, 0) is 19.3 Å². The summed E-state index contributed by atoms with van der Waals surface area (Å²) in [6, 6.07) is -0.0800. The van der Waals surface area contributed by atoms with Crippen molar-refractivity contribution in [1.82, 2.24) is 5.32 Å². The Balaban J connectivity index is 2.90. The molecule has 1 aliphatic rings. The Labute approximate surface area is 102 Å². The molecule has 6 heteroatoms. The second kappa shape index (κ2) is 6.34. The first kappa shape index (κ1) is 14.4. The van der Waals surface area contributed by atoms with Gasteiger partial charge in [-0.15, -0.1) is 0 Å². The molecular weight excluding hydrogens is 241 g/mol. The zero-order valence-corrected chi connectivity index (χ0v) is 11.5. The topological polar surface area (TPSA) is 64.6 Å². The molecule has 1 aliphatic carbocycles. The summed E-state index contributed by atoms with van der Waals surface area (Å²) < 4.78 is 22.2. The van der Waals surface area contributed by atoms with E-state index in [4.69, 9.17) is 9.05 Å². The minimum absolute atomic E-state index is 0.0800. The lowest BCUT2D eigenvalue weighted by atomic mass is 10.1. The summed E-state index contributed by atoms with van der Waals surface area (Å²) in [6.45, 7) is 1.48. The van der Waals surface area contributed by atoms with Gasteiger partial charge in [0.1, 0.15) is 0 Å². The molecule has 0 saturated carbocycles. The summed E-state index contributed by atoms with van der Waals surface area (Å²) in [5.74, 6) is -0.0860. The predicted octanol–water partition coefficient (Wildman–Crippen LogP) is 2.43. The SMILES string of the molecule is COP(=O)(OC)C1=CC(NC(C)=O)CCCC1. The van der Waals surface area contributed by atoms with Crippen molar-refractivity contribution in [2.75, 3.05) is 14.2 Å². The van der Waals surface area contributed by atoms with Gasteiger partial charge in [0.25, 0.3) is 0 Å². The summed E-state index contributed by atoms with van der Waals surface area (Å²) >= 11 is 0. The van der Waals surface area contributed by atoms with Gasteiger partial charge in [-0.25, -0.2) is 0 Å². The summed E-state index contributed by atoms with van der Waals surface area (Å²) in [7, 11) is -0.399. The molecule has 1 atom stereocenters. The van der Waals surface area contributed by atoms with E-state index >= 15 is 0 Å². The molecule has 0 bridgehead atoms. The number of amides is 1. The van der Waals surface area contributed by atoms with Crippen LogP contribution in [-0.2, 0) is 18.4 Å². The van der Waals surface area contributed by atoms with E-state index in [9.17, 15) is 9.36 Å². The summed E-state index contributed by atoms with van der Waals surface area (Å²) in [6.07, 6.45) is 5.28. The van der Waals surface area contributed by atoms with Crippen molar-refractivity contribution in [3.8, 4) is 0 Å². The van der Waals surface area contributed by atoms with Crippen LogP contribution in [0, 0.1) is 0 Å². The van der Waals surface area contributed by atoms with Crippen molar-refractivity contribution in [2.24, 2.45) is 0 Å². The van der Waals surface area contributed by atoms with Gasteiger partial charge in [0, 0.05) is 32.5 Å². The number of rotatable bonds is 4. The number of carbonyl (C=O) groups excluding carboxylic acids is 1. The molecule has 5 nitrogen and oxygen atoms in total. The molecule has 0 fully saturated rings. The fraction of sp³-hybridized carbons (Fsp3) is 0.727. The minimum atomic E-state index is -3.16. The molecule has 0 spiro atoms. The fourth-order valence-electron chi connectivity index (χ4n) is 1.98. The Hall–Kier alpha value is -0.640. The monoisotopic (exact) mass is 261 g/mol. The van der Waals surface area contributed by atoms with E-state index in [1.165, 1.54) is 21.1 Å². The summed E-state index contributed by atoms with van der Waals surface area (Å²) in [5, 5.41) is 3.49. The van der Waals surface area contributed by atoms with E-state index in [-0.39, 0.29) is 11.9 Å².